The Morgan fingerprint density at radius 2 is 2.31 bits per heavy atom. The van der Waals surface area contributed by atoms with E-state index in [2.05, 4.69) is 16.4 Å². The first kappa shape index (κ1) is 11.4. The topological polar surface area (TPSA) is 46.3 Å². The van der Waals surface area contributed by atoms with Crippen LogP contribution in [0.5, 0.6) is 0 Å². The molecule has 2 heterocycles. The average Bonchev–Trinajstić information content (AvgIpc) is 2.84. The van der Waals surface area contributed by atoms with Gasteiger partial charge in [0.15, 0.2) is 11.7 Å². The van der Waals surface area contributed by atoms with E-state index in [1.54, 1.807) is 18.3 Å². The normalized spacial score (nSPS) is 12.9. The summed E-state index contributed by atoms with van der Waals surface area (Å²) in [5, 5.41) is 14.1. The molecule has 16 heavy (non-hydrogen) atoms. The first-order valence-corrected chi connectivity index (χ1v) is 6.24. The molecule has 0 spiro atoms. The maximum Gasteiger partial charge on any atom is 0.191 e. The van der Waals surface area contributed by atoms with Gasteiger partial charge >= 0.3 is 0 Å². The molecule has 1 atom stereocenters. The smallest absolute Gasteiger partial charge is 0.191 e. The monoisotopic (exact) mass is 237 g/mol. The van der Waals surface area contributed by atoms with Crippen molar-refractivity contribution in [3.8, 4) is 0 Å². The molecule has 0 fully saturated rings. The van der Waals surface area contributed by atoms with Crippen molar-refractivity contribution < 1.29 is 9.52 Å². The Balaban J connectivity index is 1.98. The summed E-state index contributed by atoms with van der Waals surface area (Å²) in [7, 11) is 0. The number of aromatic nitrogens is 1. The first-order valence-electron chi connectivity index (χ1n) is 5.30. The van der Waals surface area contributed by atoms with Gasteiger partial charge in [0.1, 0.15) is 6.10 Å². The number of hydrogen-bond acceptors (Lipinski definition) is 4. The van der Waals surface area contributed by atoms with Crippen LogP contribution in [0.25, 0.3) is 0 Å². The third kappa shape index (κ3) is 2.51. The van der Waals surface area contributed by atoms with Crippen molar-refractivity contribution in [3.05, 3.63) is 39.7 Å². The van der Waals surface area contributed by atoms with Gasteiger partial charge in [-0.05, 0) is 42.2 Å². The Kier molecular flexibility index (Phi) is 3.41. The Morgan fingerprint density at radius 1 is 1.50 bits per heavy atom. The lowest BCUT2D eigenvalue weighted by molar-refractivity contribution is 0.138. The molecule has 3 nitrogen and oxygen atoms in total. The molecule has 0 aliphatic heterocycles. The average molecular weight is 237 g/mol. The third-order valence-corrected chi connectivity index (χ3v) is 3.26. The predicted octanol–water partition coefficient (Wildman–Crippen LogP) is 3.02. The molecule has 86 valence electrons. The molecule has 2 rings (SSSR count). The summed E-state index contributed by atoms with van der Waals surface area (Å²) in [4.78, 5) is 4.15. The van der Waals surface area contributed by atoms with E-state index in [-0.39, 0.29) is 0 Å². The largest absolute Gasteiger partial charge is 0.443 e. The van der Waals surface area contributed by atoms with Crippen LogP contribution in [0.2, 0.25) is 0 Å². The Labute approximate surface area is 98.8 Å². The first-order chi connectivity index (χ1) is 7.66. The van der Waals surface area contributed by atoms with Crippen molar-refractivity contribution in [1.29, 1.82) is 0 Å². The highest BCUT2D eigenvalue weighted by Gasteiger charge is 2.16. The highest BCUT2D eigenvalue weighted by molar-refractivity contribution is 7.07. The van der Waals surface area contributed by atoms with Crippen molar-refractivity contribution in [2.75, 3.05) is 0 Å². The number of aliphatic hydroxyl groups is 1. The van der Waals surface area contributed by atoms with E-state index in [0.29, 0.717) is 18.1 Å². The van der Waals surface area contributed by atoms with E-state index in [4.69, 9.17) is 4.42 Å². The number of nitrogens with zero attached hydrogens (tertiary/aromatic N) is 1. The molecule has 1 unspecified atom stereocenters. The second-order valence-electron chi connectivity index (χ2n) is 3.87. The summed E-state index contributed by atoms with van der Waals surface area (Å²) >= 11 is 1.68. The number of aryl methyl sites for hydroxylation is 3. The van der Waals surface area contributed by atoms with Crippen LogP contribution in [0.15, 0.2) is 21.2 Å². The molecule has 0 saturated heterocycles. The summed E-state index contributed by atoms with van der Waals surface area (Å²) in [5.41, 5.74) is 2.05. The lowest BCUT2D eigenvalue weighted by atomic mass is 10.1. The van der Waals surface area contributed by atoms with E-state index >= 15 is 0 Å². The van der Waals surface area contributed by atoms with Gasteiger partial charge in [-0.3, -0.25) is 0 Å². The lowest BCUT2D eigenvalue weighted by Gasteiger charge is -2.07. The van der Waals surface area contributed by atoms with Gasteiger partial charge in [0.2, 0.25) is 0 Å². The van der Waals surface area contributed by atoms with Gasteiger partial charge < -0.3 is 9.52 Å². The number of hydrogen-bond donors (Lipinski definition) is 1. The fourth-order valence-electron chi connectivity index (χ4n) is 1.73. The van der Waals surface area contributed by atoms with Gasteiger partial charge in [0.25, 0.3) is 0 Å². The number of rotatable bonds is 4. The molecular weight excluding hydrogens is 222 g/mol. The van der Waals surface area contributed by atoms with Crippen LogP contribution in [-0.4, -0.2) is 10.1 Å². The number of oxazole rings is 1. The lowest BCUT2D eigenvalue weighted by Crippen LogP contribution is -1.99. The highest BCUT2D eigenvalue weighted by atomic mass is 32.1. The van der Waals surface area contributed by atoms with Crippen LogP contribution in [-0.2, 0) is 6.42 Å². The summed E-state index contributed by atoms with van der Waals surface area (Å²) in [6.07, 6.45) is 0.983. The van der Waals surface area contributed by atoms with Crippen molar-refractivity contribution in [2.24, 2.45) is 0 Å². The minimum absolute atomic E-state index is 0.555. The zero-order valence-corrected chi connectivity index (χ0v) is 10.3. The SMILES string of the molecule is Cc1nc(C)c(C(O)CCc2ccsc2)o1. The van der Waals surface area contributed by atoms with Crippen molar-refractivity contribution in [2.45, 2.75) is 32.8 Å². The molecule has 0 amide bonds. The van der Waals surface area contributed by atoms with Crippen LogP contribution in [0.3, 0.4) is 0 Å². The molecular formula is C12H15NO2S. The van der Waals surface area contributed by atoms with Crippen molar-refractivity contribution >= 4 is 11.3 Å². The second-order valence-corrected chi connectivity index (χ2v) is 4.65. The third-order valence-electron chi connectivity index (χ3n) is 2.53. The van der Waals surface area contributed by atoms with Crippen molar-refractivity contribution in [1.82, 2.24) is 4.98 Å². The van der Waals surface area contributed by atoms with Gasteiger partial charge in [-0.1, -0.05) is 0 Å². The molecule has 0 radical (unpaired) electrons. The maximum absolute atomic E-state index is 9.98. The minimum atomic E-state index is -0.555. The molecule has 2 aromatic rings. The molecule has 4 heteroatoms. The van der Waals surface area contributed by atoms with Crippen molar-refractivity contribution in [3.63, 3.8) is 0 Å². The van der Waals surface area contributed by atoms with Gasteiger partial charge in [0, 0.05) is 6.92 Å². The maximum atomic E-state index is 9.98. The quantitative estimate of drug-likeness (QED) is 0.889. The van der Waals surface area contributed by atoms with E-state index in [9.17, 15) is 5.11 Å². The van der Waals surface area contributed by atoms with Gasteiger partial charge in [-0.25, -0.2) is 4.98 Å². The van der Waals surface area contributed by atoms with E-state index in [0.717, 1.165) is 12.1 Å². The second kappa shape index (κ2) is 4.80. The fraction of sp³-hybridized carbons (Fsp3) is 0.417. The van der Waals surface area contributed by atoms with Crippen LogP contribution in [0.4, 0.5) is 0 Å². The molecule has 1 N–H and O–H groups in total. The molecule has 0 saturated carbocycles. The summed E-state index contributed by atoms with van der Waals surface area (Å²) in [6.45, 7) is 3.65. The molecule has 2 aromatic heterocycles. The zero-order chi connectivity index (χ0) is 11.5. The zero-order valence-electron chi connectivity index (χ0n) is 9.43. The van der Waals surface area contributed by atoms with E-state index < -0.39 is 6.10 Å². The van der Waals surface area contributed by atoms with Gasteiger partial charge in [0.05, 0.1) is 5.69 Å². The van der Waals surface area contributed by atoms with E-state index in [1.807, 2.05) is 12.3 Å². The highest BCUT2D eigenvalue weighted by Crippen LogP contribution is 2.23. The fourth-order valence-corrected chi connectivity index (χ4v) is 2.43. The van der Waals surface area contributed by atoms with Crippen LogP contribution in [0, 0.1) is 13.8 Å². The van der Waals surface area contributed by atoms with Crippen LogP contribution >= 0.6 is 11.3 Å². The van der Waals surface area contributed by atoms with Gasteiger partial charge in [-0.2, -0.15) is 11.3 Å². The van der Waals surface area contributed by atoms with Crippen LogP contribution in [0.1, 0.15) is 35.4 Å². The molecule has 0 bridgehead atoms. The Morgan fingerprint density at radius 3 is 2.88 bits per heavy atom. The summed E-state index contributed by atoms with van der Waals surface area (Å²) in [5.74, 6) is 1.22. The minimum Gasteiger partial charge on any atom is -0.443 e. The summed E-state index contributed by atoms with van der Waals surface area (Å²) < 4.78 is 5.39. The standard InChI is InChI=1S/C12H15NO2S/c1-8-12(15-9(2)13-8)11(14)4-3-10-5-6-16-7-10/h5-7,11,14H,3-4H2,1-2H3. The Hall–Kier alpha value is -1.13. The van der Waals surface area contributed by atoms with Crippen LogP contribution < -0.4 is 0 Å². The predicted molar refractivity (Wildman–Crippen MR) is 63.6 cm³/mol. The number of thiophene rings is 1. The summed E-state index contributed by atoms with van der Waals surface area (Å²) in [6, 6.07) is 2.08. The molecule has 0 aliphatic rings. The molecule has 0 aliphatic carbocycles. The van der Waals surface area contributed by atoms with Gasteiger partial charge in [-0.15, -0.1) is 0 Å². The number of aliphatic hydroxyl groups excluding tert-OH is 1. The molecule has 0 aromatic carbocycles. The Bertz CT molecular complexity index is 448. The van der Waals surface area contributed by atoms with E-state index in [1.165, 1.54) is 5.56 Å².